The Hall–Kier alpha value is -2.08. The second-order valence-corrected chi connectivity index (χ2v) is 5.85. The van der Waals surface area contributed by atoms with Crippen molar-refractivity contribution in [1.29, 1.82) is 0 Å². The maximum Gasteiger partial charge on any atom is 0.223 e. The molecular formula is C18H26N2O4. The number of nitrogens with zero attached hydrogens (tertiary/aromatic N) is 1. The summed E-state index contributed by atoms with van der Waals surface area (Å²) in [5, 5.41) is 2.73. The van der Waals surface area contributed by atoms with E-state index < -0.39 is 0 Å². The Balaban J connectivity index is 1.77. The monoisotopic (exact) mass is 334 g/mol. The lowest BCUT2D eigenvalue weighted by molar-refractivity contribution is -0.138. The molecule has 0 radical (unpaired) electrons. The molecule has 1 aliphatic rings. The molecule has 1 aromatic rings. The van der Waals surface area contributed by atoms with Gasteiger partial charge in [-0.1, -0.05) is 12.1 Å². The Morgan fingerprint density at radius 1 is 1.33 bits per heavy atom. The zero-order valence-corrected chi connectivity index (χ0v) is 14.4. The first kappa shape index (κ1) is 18.3. The minimum absolute atomic E-state index is 0.0856. The Labute approximate surface area is 143 Å². The zero-order valence-electron chi connectivity index (χ0n) is 14.4. The van der Waals surface area contributed by atoms with Gasteiger partial charge in [-0.15, -0.1) is 0 Å². The van der Waals surface area contributed by atoms with E-state index in [1.54, 1.807) is 0 Å². The number of amides is 2. The smallest absolute Gasteiger partial charge is 0.223 e. The van der Waals surface area contributed by atoms with Crippen molar-refractivity contribution in [3.63, 3.8) is 0 Å². The number of nitrogens with one attached hydrogen (secondary N) is 1. The molecule has 0 spiro atoms. The summed E-state index contributed by atoms with van der Waals surface area (Å²) in [5.74, 6) is 0.888. The Kier molecular flexibility index (Phi) is 7.06. The third-order valence-electron chi connectivity index (χ3n) is 3.93. The van der Waals surface area contributed by atoms with E-state index in [0.29, 0.717) is 45.7 Å². The topological polar surface area (TPSA) is 67.9 Å². The number of ether oxygens (including phenoxy) is 2. The van der Waals surface area contributed by atoms with E-state index >= 15 is 0 Å². The van der Waals surface area contributed by atoms with Gasteiger partial charge in [-0.3, -0.25) is 9.59 Å². The van der Waals surface area contributed by atoms with Crippen molar-refractivity contribution in [2.24, 2.45) is 0 Å². The number of carbonyl (C=O) groups excluding carboxylic acids is 2. The maximum absolute atomic E-state index is 12.4. The van der Waals surface area contributed by atoms with Gasteiger partial charge in [0.25, 0.3) is 0 Å². The second kappa shape index (κ2) is 9.27. The van der Waals surface area contributed by atoms with Gasteiger partial charge >= 0.3 is 0 Å². The Bertz CT molecular complexity index is 544. The first-order valence-electron chi connectivity index (χ1n) is 8.44. The van der Waals surface area contributed by atoms with Gasteiger partial charge in [0, 0.05) is 33.0 Å². The summed E-state index contributed by atoms with van der Waals surface area (Å²) in [5.41, 5.74) is 1.12. The fourth-order valence-electron chi connectivity index (χ4n) is 2.66. The number of morpholine rings is 1. The summed E-state index contributed by atoms with van der Waals surface area (Å²) < 4.78 is 11.0. The molecule has 24 heavy (non-hydrogen) atoms. The van der Waals surface area contributed by atoms with Gasteiger partial charge in [-0.25, -0.2) is 0 Å². The fourth-order valence-corrected chi connectivity index (χ4v) is 2.66. The van der Waals surface area contributed by atoms with Crippen molar-refractivity contribution >= 4 is 11.8 Å². The van der Waals surface area contributed by atoms with Gasteiger partial charge in [-0.05, 0) is 31.0 Å². The molecule has 0 aromatic heterocycles. The van der Waals surface area contributed by atoms with Crippen LogP contribution in [0.15, 0.2) is 24.3 Å². The molecule has 6 heteroatoms. The van der Waals surface area contributed by atoms with E-state index in [0.717, 1.165) is 11.3 Å². The molecule has 1 heterocycles. The van der Waals surface area contributed by atoms with Crippen LogP contribution in [-0.2, 0) is 20.7 Å². The average molecular weight is 334 g/mol. The van der Waals surface area contributed by atoms with Crippen LogP contribution in [0.25, 0.3) is 0 Å². The quantitative estimate of drug-likeness (QED) is 0.818. The molecule has 1 aliphatic heterocycles. The minimum Gasteiger partial charge on any atom is -0.494 e. The zero-order chi connectivity index (χ0) is 17.4. The van der Waals surface area contributed by atoms with Gasteiger partial charge in [0.15, 0.2) is 0 Å². The van der Waals surface area contributed by atoms with Crippen LogP contribution in [-0.4, -0.2) is 55.7 Å². The van der Waals surface area contributed by atoms with E-state index in [1.807, 2.05) is 36.1 Å². The van der Waals surface area contributed by atoms with Gasteiger partial charge in [0.1, 0.15) is 5.75 Å². The van der Waals surface area contributed by atoms with Crippen LogP contribution < -0.4 is 10.1 Å². The van der Waals surface area contributed by atoms with Crippen molar-refractivity contribution in [1.82, 2.24) is 10.2 Å². The van der Waals surface area contributed by atoms with Crippen LogP contribution in [0.4, 0.5) is 0 Å². The lowest BCUT2D eigenvalue weighted by Crippen LogP contribution is -2.49. The standard InChI is InChI=1S/C18H26N2O4/c1-3-23-16-7-4-15(5-8-16)6-9-18(22)20-10-11-24-17(13-20)12-19-14(2)21/h4-5,7-8,17H,3,6,9-13H2,1-2H3,(H,19,21)/t17-/m0/s1. The summed E-state index contributed by atoms with van der Waals surface area (Å²) in [6, 6.07) is 7.86. The molecule has 6 nitrogen and oxygen atoms in total. The van der Waals surface area contributed by atoms with Crippen LogP contribution in [0.3, 0.4) is 0 Å². The van der Waals surface area contributed by atoms with Crippen LogP contribution in [0, 0.1) is 0 Å². The highest BCUT2D eigenvalue weighted by atomic mass is 16.5. The minimum atomic E-state index is -0.128. The molecule has 0 bridgehead atoms. The van der Waals surface area contributed by atoms with E-state index in [1.165, 1.54) is 6.92 Å². The predicted octanol–water partition coefficient (Wildman–Crippen LogP) is 1.38. The van der Waals surface area contributed by atoms with E-state index in [9.17, 15) is 9.59 Å². The Morgan fingerprint density at radius 2 is 2.08 bits per heavy atom. The summed E-state index contributed by atoms with van der Waals surface area (Å²) >= 11 is 0. The lowest BCUT2D eigenvalue weighted by atomic mass is 10.1. The molecule has 0 unspecified atom stereocenters. The maximum atomic E-state index is 12.4. The Morgan fingerprint density at radius 3 is 2.75 bits per heavy atom. The van der Waals surface area contributed by atoms with Crippen LogP contribution >= 0.6 is 0 Å². The lowest BCUT2D eigenvalue weighted by Gasteiger charge is -2.33. The van der Waals surface area contributed by atoms with Gasteiger partial charge < -0.3 is 19.7 Å². The molecule has 2 rings (SSSR count). The number of hydrogen-bond acceptors (Lipinski definition) is 4. The highest BCUT2D eigenvalue weighted by Crippen LogP contribution is 2.14. The summed E-state index contributed by atoms with van der Waals surface area (Å²) in [6.45, 7) is 6.17. The number of benzene rings is 1. The highest BCUT2D eigenvalue weighted by Gasteiger charge is 2.23. The molecule has 0 saturated carbocycles. The number of rotatable bonds is 7. The SMILES string of the molecule is CCOc1ccc(CCC(=O)N2CCO[C@@H](CNC(C)=O)C2)cc1. The summed E-state index contributed by atoms with van der Waals surface area (Å²) in [4.78, 5) is 25.2. The molecule has 0 aliphatic carbocycles. The molecule has 1 atom stereocenters. The molecule has 1 N–H and O–H groups in total. The third-order valence-corrected chi connectivity index (χ3v) is 3.93. The van der Waals surface area contributed by atoms with E-state index in [-0.39, 0.29) is 17.9 Å². The van der Waals surface area contributed by atoms with Gasteiger partial charge in [0.2, 0.25) is 11.8 Å². The molecule has 1 saturated heterocycles. The van der Waals surface area contributed by atoms with Crippen molar-refractivity contribution in [3.8, 4) is 5.75 Å². The van der Waals surface area contributed by atoms with Crippen molar-refractivity contribution in [2.45, 2.75) is 32.8 Å². The summed E-state index contributed by atoms with van der Waals surface area (Å²) in [6.07, 6.45) is 1.05. The van der Waals surface area contributed by atoms with Crippen molar-refractivity contribution in [3.05, 3.63) is 29.8 Å². The predicted molar refractivity (Wildman–Crippen MR) is 90.9 cm³/mol. The first-order chi connectivity index (χ1) is 11.6. The van der Waals surface area contributed by atoms with Gasteiger partial charge in [0.05, 0.1) is 19.3 Å². The highest BCUT2D eigenvalue weighted by molar-refractivity contribution is 5.76. The normalized spacial score (nSPS) is 17.4. The third kappa shape index (κ3) is 5.85. The molecule has 2 amide bonds. The molecular weight excluding hydrogens is 308 g/mol. The van der Waals surface area contributed by atoms with Crippen molar-refractivity contribution < 1.29 is 19.1 Å². The molecule has 1 fully saturated rings. The largest absolute Gasteiger partial charge is 0.494 e. The number of aryl methyl sites for hydroxylation is 1. The first-order valence-corrected chi connectivity index (χ1v) is 8.44. The van der Waals surface area contributed by atoms with Crippen molar-refractivity contribution in [2.75, 3.05) is 32.8 Å². The van der Waals surface area contributed by atoms with Gasteiger partial charge in [-0.2, -0.15) is 0 Å². The molecule has 132 valence electrons. The fraction of sp³-hybridized carbons (Fsp3) is 0.556. The van der Waals surface area contributed by atoms with E-state index in [4.69, 9.17) is 9.47 Å². The molecule has 1 aromatic carbocycles. The van der Waals surface area contributed by atoms with Crippen LogP contribution in [0.1, 0.15) is 25.8 Å². The average Bonchev–Trinajstić information content (AvgIpc) is 2.59. The summed E-state index contributed by atoms with van der Waals surface area (Å²) in [7, 11) is 0. The number of hydrogen-bond donors (Lipinski definition) is 1. The van der Waals surface area contributed by atoms with Crippen LogP contribution in [0.5, 0.6) is 5.75 Å². The van der Waals surface area contributed by atoms with Crippen LogP contribution in [0.2, 0.25) is 0 Å². The second-order valence-electron chi connectivity index (χ2n) is 5.85. The van der Waals surface area contributed by atoms with E-state index in [2.05, 4.69) is 5.32 Å². The number of carbonyl (C=O) groups is 2.